The molecular formula is C21H18N6O. The van der Waals surface area contributed by atoms with Crippen molar-refractivity contribution in [2.75, 3.05) is 6.61 Å². The maximum Gasteiger partial charge on any atom is 0.153 e. The molecule has 0 atom stereocenters. The molecule has 0 aliphatic heterocycles. The topological polar surface area (TPSA) is 81.1 Å². The Labute approximate surface area is 160 Å². The number of aliphatic hydroxyl groups excluding tert-OH is 1. The summed E-state index contributed by atoms with van der Waals surface area (Å²) in [5.74, 6) is 0. The van der Waals surface area contributed by atoms with Gasteiger partial charge in [0, 0.05) is 29.8 Å². The molecule has 0 fully saturated rings. The Kier molecular flexibility index (Phi) is 4.06. The van der Waals surface area contributed by atoms with Crippen molar-refractivity contribution in [2.45, 2.75) is 13.0 Å². The van der Waals surface area contributed by atoms with Gasteiger partial charge in [-0.25, -0.2) is 9.50 Å². The average molecular weight is 370 g/mol. The van der Waals surface area contributed by atoms with Crippen LogP contribution in [0.25, 0.3) is 27.8 Å². The number of nitrogens with zero attached hydrogens (tertiary/aromatic N) is 6. The number of pyridine rings is 1. The molecular weight excluding hydrogens is 352 g/mol. The van der Waals surface area contributed by atoms with Gasteiger partial charge in [-0.2, -0.15) is 10.2 Å². The standard InChI is InChI=1S/C21H18N6O/c28-9-8-26-14-17(12-24-26)20-5-6-21-23-13-18(27(21)25-20)11-15-3-4-19-16(10-15)2-1-7-22-19/h1-7,10,12-14,28H,8-9,11H2. The van der Waals surface area contributed by atoms with E-state index < -0.39 is 0 Å². The van der Waals surface area contributed by atoms with Crippen LogP contribution in [0.2, 0.25) is 0 Å². The fraction of sp³-hybridized carbons (Fsp3) is 0.143. The van der Waals surface area contributed by atoms with Gasteiger partial charge in [-0.1, -0.05) is 12.1 Å². The van der Waals surface area contributed by atoms with Crippen molar-refractivity contribution in [2.24, 2.45) is 0 Å². The third kappa shape index (κ3) is 3.01. The zero-order chi connectivity index (χ0) is 18.9. The van der Waals surface area contributed by atoms with Crippen molar-refractivity contribution in [1.82, 2.24) is 29.4 Å². The fourth-order valence-electron chi connectivity index (χ4n) is 3.36. The molecule has 138 valence electrons. The average Bonchev–Trinajstić information content (AvgIpc) is 3.35. The van der Waals surface area contributed by atoms with Crippen LogP contribution >= 0.6 is 0 Å². The highest BCUT2D eigenvalue weighted by atomic mass is 16.3. The van der Waals surface area contributed by atoms with E-state index in [1.807, 2.05) is 41.2 Å². The van der Waals surface area contributed by atoms with E-state index in [9.17, 15) is 0 Å². The van der Waals surface area contributed by atoms with E-state index in [-0.39, 0.29) is 6.61 Å². The van der Waals surface area contributed by atoms with Crippen molar-refractivity contribution in [1.29, 1.82) is 0 Å². The molecule has 1 aromatic carbocycles. The summed E-state index contributed by atoms with van der Waals surface area (Å²) in [6.07, 6.45) is 8.05. The second-order valence-corrected chi connectivity index (χ2v) is 6.66. The SMILES string of the molecule is OCCn1cc(-c2ccc3ncc(Cc4ccc5ncccc5c4)n3n2)cn1. The molecule has 1 N–H and O–H groups in total. The molecule has 0 aliphatic carbocycles. The molecule has 7 heteroatoms. The molecule has 4 aromatic heterocycles. The van der Waals surface area contributed by atoms with Crippen LogP contribution in [0, 0.1) is 0 Å². The Hall–Kier alpha value is -3.58. The summed E-state index contributed by atoms with van der Waals surface area (Å²) in [5.41, 5.74) is 5.73. The monoisotopic (exact) mass is 370 g/mol. The van der Waals surface area contributed by atoms with Crippen LogP contribution in [0.3, 0.4) is 0 Å². The van der Waals surface area contributed by atoms with Crippen LogP contribution in [0.4, 0.5) is 0 Å². The molecule has 28 heavy (non-hydrogen) atoms. The van der Waals surface area contributed by atoms with Crippen LogP contribution in [-0.2, 0) is 13.0 Å². The normalized spacial score (nSPS) is 11.5. The Morgan fingerprint density at radius 1 is 1.00 bits per heavy atom. The Morgan fingerprint density at radius 2 is 1.96 bits per heavy atom. The molecule has 0 saturated carbocycles. The number of imidazole rings is 1. The molecule has 7 nitrogen and oxygen atoms in total. The van der Waals surface area contributed by atoms with Gasteiger partial charge in [-0.15, -0.1) is 0 Å². The van der Waals surface area contributed by atoms with Crippen LogP contribution in [0.1, 0.15) is 11.3 Å². The number of hydrogen-bond acceptors (Lipinski definition) is 5. The Morgan fingerprint density at radius 3 is 2.89 bits per heavy atom. The minimum atomic E-state index is 0.0561. The summed E-state index contributed by atoms with van der Waals surface area (Å²) in [6, 6.07) is 14.2. The summed E-state index contributed by atoms with van der Waals surface area (Å²) < 4.78 is 3.59. The first-order chi connectivity index (χ1) is 13.8. The van der Waals surface area contributed by atoms with Crippen LogP contribution in [-0.4, -0.2) is 41.1 Å². The lowest BCUT2D eigenvalue weighted by molar-refractivity contribution is 0.269. The summed E-state index contributed by atoms with van der Waals surface area (Å²) in [6.45, 7) is 0.524. The van der Waals surface area contributed by atoms with Gasteiger partial charge < -0.3 is 5.11 Å². The maximum atomic E-state index is 9.06. The summed E-state index contributed by atoms with van der Waals surface area (Å²) in [7, 11) is 0. The first kappa shape index (κ1) is 16.6. The van der Waals surface area contributed by atoms with Gasteiger partial charge in [-0.05, 0) is 35.9 Å². The van der Waals surface area contributed by atoms with Gasteiger partial charge >= 0.3 is 0 Å². The molecule has 0 spiro atoms. The molecule has 0 unspecified atom stereocenters. The van der Waals surface area contributed by atoms with E-state index in [1.54, 1.807) is 17.1 Å². The third-order valence-corrected chi connectivity index (χ3v) is 4.74. The molecule has 0 radical (unpaired) electrons. The van der Waals surface area contributed by atoms with Gasteiger partial charge in [0.25, 0.3) is 0 Å². The fourth-order valence-corrected chi connectivity index (χ4v) is 3.36. The lowest BCUT2D eigenvalue weighted by Gasteiger charge is -2.05. The van der Waals surface area contributed by atoms with E-state index in [0.29, 0.717) is 6.54 Å². The summed E-state index contributed by atoms with van der Waals surface area (Å²) >= 11 is 0. The third-order valence-electron chi connectivity index (χ3n) is 4.74. The highest BCUT2D eigenvalue weighted by Gasteiger charge is 2.10. The highest BCUT2D eigenvalue weighted by molar-refractivity contribution is 5.79. The molecule has 0 aliphatic rings. The number of hydrogen-bond donors (Lipinski definition) is 1. The van der Waals surface area contributed by atoms with Gasteiger partial charge in [0.15, 0.2) is 5.65 Å². The summed E-state index contributed by atoms with van der Waals surface area (Å²) in [4.78, 5) is 8.86. The predicted octanol–water partition coefficient (Wildman–Crippen LogP) is 2.72. The van der Waals surface area contributed by atoms with E-state index in [2.05, 4.69) is 33.3 Å². The molecule has 4 heterocycles. The van der Waals surface area contributed by atoms with Crippen molar-refractivity contribution in [3.05, 3.63) is 78.5 Å². The second kappa shape index (κ2) is 6.86. The van der Waals surface area contributed by atoms with Crippen molar-refractivity contribution in [3.8, 4) is 11.3 Å². The molecule has 0 saturated heterocycles. The van der Waals surface area contributed by atoms with Gasteiger partial charge in [0.1, 0.15) is 0 Å². The second-order valence-electron chi connectivity index (χ2n) is 6.66. The van der Waals surface area contributed by atoms with E-state index in [1.165, 1.54) is 5.56 Å². The number of fused-ring (bicyclic) bond motifs is 2. The number of aromatic nitrogens is 6. The van der Waals surface area contributed by atoms with Crippen LogP contribution in [0.15, 0.2) is 67.3 Å². The van der Waals surface area contributed by atoms with E-state index in [4.69, 9.17) is 10.2 Å². The van der Waals surface area contributed by atoms with Gasteiger partial charge in [0.05, 0.1) is 42.4 Å². The molecule has 5 rings (SSSR count). The van der Waals surface area contributed by atoms with Crippen LogP contribution in [0.5, 0.6) is 0 Å². The summed E-state index contributed by atoms with van der Waals surface area (Å²) in [5, 5.41) is 19.2. The van der Waals surface area contributed by atoms with Crippen molar-refractivity contribution < 1.29 is 5.11 Å². The molecule has 5 aromatic rings. The highest BCUT2D eigenvalue weighted by Crippen LogP contribution is 2.20. The quantitative estimate of drug-likeness (QED) is 0.514. The van der Waals surface area contributed by atoms with Gasteiger partial charge in [0.2, 0.25) is 0 Å². The molecule has 0 bridgehead atoms. The van der Waals surface area contributed by atoms with Crippen LogP contribution < -0.4 is 0 Å². The first-order valence-electron chi connectivity index (χ1n) is 9.11. The minimum Gasteiger partial charge on any atom is -0.394 e. The Balaban J connectivity index is 1.50. The molecule has 0 amide bonds. The predicted molar refractivity (Wildman–Crippen MR) is 106 cm³/mol. The van der Waals surface area contributed by atoms with Crippen molar-refractivity contribution >= 4 is 16.6 Å². The van der Waals surface area contributed by atoms with Crippen molar-refractivity contribution in [3.63, 3.8) is 0 Å². The lowest BCUT2D eigenvalue weighted by atomic mass is 10.1. The number of rotatable bonds is 5. The zero-order valence-electron chi connectivity index (χ0n) is 15.1. The van der Waals surface area contributed by atoms with Gasteiger partial charge in [-0.3, -0.25) is 9.67 Å². The van der Waals surface area contributed by atoms with E-state index >= 15 is 0 Å². The minimum absolute atomic E-state index is 0.0561. The van der Waals surface area contributed by atoms with E-state index in [0.717, 1.165) is 39.9 Å². The zero-order valence-corrected chi connectivity index (χ0v) is 15.1. The Bertz CT molecular complexity index is 1270. The number of aliphatic hydroxyl groups is 1. The largest absolute Gasteiger partial charge is 0.394 e. The smallest absolute Gasteiger partial charge is 0.153 e. The first-order valence-corrected chi connectivity index (χ1v) is 9.11. The number of benzene rings is 1. The lowest BCUT2D eigenvalue weighted by Crippen LogP contribution is -2.02. The maximum absolute atomic E-state index is 9.06.